The summed E-state index contributed by atoms with van der Waals surface area (Å²) < 4.78 is 16.6. The van der Waals surface area contributed by atoms with Crippen LogP contribution >= 0.6 is 0 Å². The summed E-state index contributed by atoms with van der Waals surface area (Å²) in [6.07, 6.45) is 3.36. The van der Waals surface area contributed by atoms with Gasteiger partial charge in [-0.25, -0.2) is 18.9 Å². The Morgan fingerprint density at radius 3 is 2.56 bits per heavy atom. The maximum Gasteiger partial charge on any atom is 0.348 e. The highest BCUT2D eigenvalue weighted by atomic mass is 19.1. The fourth-order valence-electron chi connectivity index (χ4n) is 4.97. The number of aryl methyl sites for hydroxylation is 1. The lowest BCUT2D eigenvalue weighted by molar-refractivity contribution is -0.131. The molecule has 1 amide bonds. The molecule has 34 heavy (non-hydrogen) atoms. The predicted octanol–water partition coefficient (Wildman–Crippen LogP) is 3.54. The van der Waals surface area contributed by atoms with Gasteiger partial charge in [0, 0.05) is 45.2 Å². The van der Waals surface area contributed by atoms with E-state index in [4.69, 9.17) is 0 Å². The summed E-state index contributed by atoms with van der Waals surface area (Å²) in [5.41, 5.74) is 3.60. The van der Waals surface area contributed by atoms with E-state index in [0.29, 0.717) is 18.8 Å². The Labute approximate surface area is 198 Å². The first-order valence-electron chi connectivity index (χ1n) is 11.8. The fourth-order valence-corrected chi connectivity index (χ4v) is 4.97. The molecule has 5 rings (SSSR count). The fraction of sp³-hybridized carbons (Fsp3) is 0.423. The lowest BCUT2D eigenvalue weighted by Crippen LogP contribution is -2.30. The number of nitrogens with zero attached hydrogens (tertiary/aromatic N) is 4. The molecule has 0 radical (unpaired) electrons. The largest absolute Gasteiger partial charge is 0.377 e. The van der Waals surface area contributed by atoms with Gasteiger partial charge >= 0.3 is 5.69 Å². The molecular formula is C26H30FN5O2. The Morgan fingerprint density at radius 1 is 1.15 bits per heavy atom. The summed E-state index contributed by atoms with van der Waals surface area (Å²) >= 11 is 0. The SMILES string of the molecule is Cc1cc(-c2ccc(-n3c(C[C@@H]4CCN(C(=O)C5CC5)C4)n[nH]c3=O)c(F)c2)ccc1N(C)C. The summed E-state index contributed by atoms with van der Waals surface area (Å²) in [5, 5.41) is 6.66. The highest BCUT2D eigenvalue weighted by molar-refractivity contribution is 5.81. The lowest BCUT2D eigenvalue weighted by atomic mass is 10.0. The minimum atomic E-state index is -0.478. The van der Waals surface area contributed by atoms with Crippen LogP contribution in [0.5, 0.6) is 0 Å². The molecule has 0 unspecified atom stereocenters. The molecule has 2 fully saturated rings. The summed E-state index contributed by atoms with van der Waals surface area (Å²) in [6.45, 7) is 3.44. The number of hydrogen-bond acceptors (Lipinski definition) is 4. The van der Waals surface area contributed by atoms with Crippen LogP contribution in [0.15, 0.2) is 41.2 Å². The molecule has 1 saturated heterocycles. The van der Waals surface area contributed by atoms with E-state index >= 15 is 4.39 Å². The Kier molecular flexibility index (Phi) is 5.75. The first-order chi connectivity index (χ1) is 16.3. The summed E-state index contributed by atoms with van der Waals surface area (Å²) in [6, 6.07) is 11.0. The van der Waals surface area contributed by atoms with E-state index in [1.54, 1.807) is 6.07 Å². The van der Waals surface area contributed by atoms with E-state index in [1.165, 1.54) is 10.6 Å². The van der Waals surface area contributed by atoms with Crippen LogP contribution in [0.1, 0.15) is 30.7 Å². The van der Waals surface area contributed by atoms with E-state index < -0.39 is 11.5 Å². The molecule has 1 aromatic heterocycles. The van der Waals surface area contributed by atoms with Crippen molar-refractivity contribution in [2.24, 2.45) is 11.8 Å². The van der Waals surface area contributed by atoms with Crippen molar-refractivity contribution < 1.29 is 9.18 Å². The Bertz CT molecular complexity index is 1290. The van der Waals surface area contributed by atoms with Crippen molar-refractivity contribution in [1.29, 1.82) is 0 Å². The number of rotatable bonds is 6. The third-order valence-corrected chi connectivity index (χ3v) is 6.94. The highest BCUT2D eigenvalue weighted by Gasteiger charge is 2.37. The van der Waals surface area contributed by atoms with Crippen LogP contribution in [0.2, 0.25) is 0 Å². The van der Waals surface area contributed by atoms with Crippen molar-refractivity contribution in [2.45, 2.75) is 32.6 Å². The van der Waals surface area contributed by atoms with Gasteiger partial charge in [0.1, 0.15) is 11.6 Å². The van der Waals surface area contributed by atoms with E-state index in [-0.39, 0.29) is 23.4 Å². The van der Waals surface area contributed by atoms with Gasteiger partial charge in [-0.1, -0.05) is 12.1 Å². The van der Waals surface area contributed by atoms with Gasteiger partial charge in [0.25, 0.3) is 0 Å². The molecule has 1 aliphatic heterocycles. The third-order valence-electron chi connectivity index (χ3n) is 6.94. The average molecular weight is 464 g/mol. The number of amides is 1. The average Bonchev–Trinajstić information content (AvgIpc) is 3.46. The first-order valence-corrected chi connectivity index (χ1v) is 11.8. The second-order valence-corrected chi connectivity index (χ2v) is 9.76. The quantitative estimate of drug-likeness (QED) is 0.607. The zero-order valence-corrected chi connectivity index (χ0v) is 19.8. The number of aromatic nitrogens is 3. The molecule has 1 aliphatic carbocycles. The van der Waals surface area contributed by atoms with Crippen molar-refractivity contribution in [3.8, 4) is 16.8 Å². The number of hydrogen-bond donors (Lipinski definition) is 1. The van der Waals surface area contributed by atoms with Crippen LogP contribution < -0.4 is 10.6 Å². The second kappa shape index (κ2) is 8.74. The number of carbonyl (C=O) groups is 1. The number of anilines is 1. The number of likely N-dealkylation sites (tertiary alicyclic amines) is 1. The third kappa shape index (κ3) is 4.24. The number of aromatic amines is 1. The van der Waals surface area contributed by atoms with Gasteiger partial charge in [-0.15, -0.1) is 0 Å². The van der Waals surface area contributed by atoms with Crippen LogP contribution in [0.3, 0.4) is 0 Å². The molecule has 1 saturated carbocycles. The van der Waals surface area contributed by atoms with Gasteiger partial charge in [-0.2, -0.15) is 5.10 Å². The molecule has 8 heteroatoms. The standard InChI is InChI=1S/C26H30FN5O2/c1-16-12-19(6-8-22(16)30(2)3)20-7-9-23(21(27)14-20)32-24(28-29-26(32)34)13-17-10-11-31(15-17)25(33)18-4-5-18/h6-9,12,14,17-18H,4-5,10-11,13,15H2,1-3H3,(H,29,34)/t17-/m0/s1. The smallest absolute Gasteiger partial charge is 0.348 e. The Balaban J connectivity index is 1.37. The molecule has 178 valence electrons. The summed E-state index contributed by atoms with van der Waals surface area (Å²) in [5.74, 6) is 0.675. The molecule has 7 nitrogen and oxygen atoms in total. The van der Waals surface area contributed by atoms with E-state index in [2.05, 4.69) is 10.2 Å². The van der Waals surface area contributed by atoms with Crippen LogP contribution in [0.4, 0.5) is 10.1 Å². The van der Waals surface area contributed by atoms with Crippen LogP contribution in [-0.4, -0.2) is 52.8 Å². The van der Waals surface area contributed by atoms with Gasteiger partial charge < -0.3 is 9.80 Å². The van der Waals surface area contributed by atoms with Gasteiger partial charge in [0.2, 0.25) is 5.91 Å². The number of benzene rings is 2. The van der Waals surface area contributed by atoms with E-state index in [1.807, 2.05) is 55.1 Å². The van der Waals surface area contributed by atoms with E-state index in [9.17, 15) is 9.59 Å². The normalized spacial score (nSPS) is 17.9. The van der Waals surface area contributed by atoms with Crippen molar-refractivity contribution in [3.05, 3.63) is 64.1 Å². The maximum atomic E-state index is 15.3. The number of H-pyrrole nitrogens is 1. The number of carbonyl (C=O) groups excluding carboxylic acids is 1. The second-order valence-electron chi connectivity index (χ2n) is 9.76. The topological polar surface area (TPSA) is 74.2 Å². The zero-order valence-electron chi connectivity index (χ0n) is 19.8. The summed E-state index contributed by atoms with van der Waals surface area (Å²) in [4.78, 5) is 28.9. The molecule has 2 aromatic carbocycles. The van der Waals surface area contributed by atoms with Crippen molar-refractivity contribution >= 4 is 11.6 Å². The van der Waals surface area contributed by atoms with Gasteiger partial charge in [0.05, 0.1) is 5.69 Å². The van der Waals surface area contributed by atoms with Crippen LogP contribution in [0, 0.1) is 24.6 Å². The molecule has 1 N–H and O–H groups in total. The predicted molar refractivity (Wildman–Crippen MR) is 130 cm³/mol. The molecule has 0 spiro atoms. The molecule has 2 aliphatic rings. The molecular weight excluding hydrogens is 433 g/mol. The number of nitrogens with one attached hydrogen (secondary N) is 1. The zero-order chi connectivity index (χ0) is 24.0. The highest BCUT2D eigenvalue weighted by Crippen LogP contribution is 2.33. The molecule has 1 atom stereocenters. The van der Waals surface area contributed by atoms with Crippen molar-refractivity contribution in [1.82, 2.24) is 19.7 Å². The number of halogens is 1. The van der Waals surface area contributed by atoms with Gasteiger partial charge in [-0.3, -0.25) is 4.79 Å². The summed E-state index contributed by atoms with van der Waals surface area (Å²) in [7, 11) is 3.98. The minimum Gasteiger partial charge on any atom is -0.377 e. The van der Waals surface area contributed by atoms with E-state index in [0.717, 1.165) is 48.2 Å². The monoisotopic (exact) mass is 463 g/mol. The lowest BCUT2D eigenvalue weighted by Gasteiger charge is -2.17. The van der Waals surface area contributed by atoms with Crippen molar-refractivity contribution in [2.75, 3.05) is 32.1 Å². The van der Waals surface area contributed by atoms with Crippen LogP contribution in [0.25, 0.3) is 16.8 Å². The van der Waals surface area contributed by atoms with Crippen molar-refractivity contribution in [3.63, 3.8) is 0 Å². The molecule has 0 bridgehead atoms. The maximum absolute atomic E-state index is 15.3. The first kappa shape index (κ1) is 22.4. The van der Waals surface area contributed by atoms with Gasteiger partial charge in [-0.05, 0) is 73.1 Å². The minimum absolute atomic E-state index is 0.183. The molecule has 2 heterocycles. The molecule has 3 aromatic rings. The van der Waals surface area contributed by atoms with Crippen LogP contribution in [-0.2, 0) is 11.2 Å². The van der Waals surface area contributed by atoms with Gasteiger partial charge in [0.15, 0.2) is 0 Å². The Hall–Kier alpha value is -3.42. The Morgan fingerprint density at radius 2 is 1.88 bits per heavy atom.